The van der Waals surface area contributed by atoms with Gasteiger partial charge in [0.05, 0.1) is 5.75 Å². The minimum absolute atomic E-state index is 0.224. The molecule has 1 aromatic rings. The molecule has 4 heteroatoms. The van der Waals surface area contributed by atoms with Gasteiger partial charge in [0, 0.05) is 18.8 Å². The minimum Gasteiger partial charge on any atom is -0.302 e. The Morgan fingerprint density at radius 2 is 1.78 bits per heavy atom. The summed E-state index contributed by atoms with van der Waals surface area (Å²) in [6, 6.07) is 8.83. The Bertz CT molecular complexity index is 465. The lowest BCUT2D eigenvalue weighted by molar-refractivity contribution is 0.270. The average molecular weight is 269 g/mol. The van der Waals surface area contributed by atoms with Crippen LogP contribution in [0.25, 0.3) is 0 Å². The van der Waals surface area contributed by atoms with Crippen molar-refractivity contribution in [1.82, 2.24) is 4.90 Å². The third-order valence-electron chi connectivity index (χ3n) is 3.22. The van der Waals surface area contributed by atoms with Gasteiger partial charge in [-0.3, -0.25) is 0 Å². The highest BCUT2D eigenvalue weighted by Crippen LogP contribution is 2.09. The molecule has 0 aliphatic carbocycles. The largest absolute Gasteiger partial charge is 0.302 e. The molecule has 0 bridgehead atoms. The van der Waals surface area contributed by atoms with Crippen LogP contribution in [0.1, 0.15) is 18.1 Å². The van der Waals surface area contributed by atoms with Crippen LogP contribution in [0.5, 0.6) is 0 Å². The number of aryl methyl sites for hydroxylation is 1. The van der Waals surface area contributed by atoms with E-state index < -0.39 is 9.84 Å². The molecule has 18 heavy (non-hydrogen) atoms. The summed E-state index contributed by atoms with van der Waals surface area (Å²) in [6.45, 7) is 4.79. The summed E-state index contributed by atoms with van der Waals surface area (Å²) < 4.78 is 22.3. The number of hydrogen-bond donors (Lipinski definition) is 0. The summed E-state index contributed by atoms with van der Waals surface area (Å²) in [5.41, 5.74) is 2.55. The Balaban J connectivity index is 2.49. The highest BCUT2D eigenvalue weighted by molar-refractivity contribution is 7.90. The van der Waals surface area contributed by atoms with Crippen LogP contribution in [0.15, 0.2) is 24.3 Å². The molecule has 102 valence electrons. The van der Waals surface area contributed by atoms with Crippen molar-refractivity contribution in [1.29, 1.82) is 0 Å². The fraction of sp³-hybridized carbons (Fsp3) is 0.571. The molecule has 0 N–H and O–H groups in total. The number of rotatable bonds is 6. The molecule has 0 aliphatic heterocycles. The molecule has 0 aliphatic rings. The van der Waals surface area contributed by atoms with Gasteiger partial charge in [-0.15, -0.1) is 0 Å². The van der Waals surface area contributed by atoms with E-state index in [0.717, 1.165) is 6.42 Å². The molecule has 1 rings (SSSR count). The molecular weight excluding hydrogens is 246 g/mol. The van der Waals surface area contributed by atoms with Gasteiger partial charge in [-0.05, 0) is 32.9 Å². The Kier molecular flexibility index (Phi) is 5.35. The average Bonchev–Trinajstić information content (AvgIpc) is 2.28. The molecule has 0 heterocycles. The molecule has 0 fully saturated rings. The SMILES string of the molecule is Cc1ccc(CC(C)N(C)CCS(C)(=O)=O)cc1. The van der Waals surface area contributed by atoms with E-state index >= 15 is 0 Å². The summed E-state index contributed by atoms with van der Waals surface area (Å²) in [6.07, 6.45) is 2.23. The van der Waals surface area contributed by atoms with E-state index in [9.17, 15) is 8.42 Å². The van der Waals surface area contributed by atoms with E-state index in [-0.39, 0.29) is 5.75 Å². The Labute approximate surface area is 111 Å². The summed E-state index contributed by atoms with van der Waals surface area (Å²) in [5, 5.41) is 0. The zero-order valence-electron chi connectivity index (χ0n) is 11.7. The number of benzene rings is 1. The van der Waals surface area contributed by atoms with Gasteiger partial charge in [0.1, 0.15) is 9.84 Å². The lowest BCUT2D eigenvalue weighted by Gasteiger charge is -2.24. The zero-order valence-corrected chi connectivity index (χ0v) is 12.5. The van der Waals surface area contributed by atoms with Gasteiger partial charge in [0.2, 0.25) is 0 Å². The van der Waals surface area contributed by atoms with Gasteiger partial charge in [-0.1, -0.05) is 29.8 Å². The molecule has 0 saturated heterocycles. The zero-order chi connectivity index (χ0) is 13.8. The highest BCUT2D eigenvalue weighted by Gasteiger charge is 2.12. The van der Waals surface area contributed by atoms with Crippen LogP contribution < -0.4 is 0 Å². The second-order valence-corrected chi connectivity index (χ2v) is 7.41. The maximum Gasteiger partial charge on any atom is 0.148 e. The van der Waals surface area contributed by atoms with Crippen LogP contribution in [0, 0.1) is 6.92 Å². The van der Waals surface area contributed by atoms with Crippen molar-refractivity contribution in [2.75, 3.05) is 25.6 Å². The highest BCUT2D eigenvalue weighted by atomic mass is 32.2. The first-order valence-electron chi connectivity index (χ1n) is 6.21. The minimum atomic E-state index is -2.87. The fourth-order valence-electron chi connectivity index (χ4n) is 1.75. The van der Waals surface area contributed by atoms with Crippen molar-refractivity contribution in [3.05, 3.63) is 35.4 Å². The molecule has 1 aromatic carbocycles. The van der Waals surface area contributed by atoms with Gasteiger partial charge >= 0.3 is 0 Å². The van der Waals surface area contributed by atoms with E-state index in [1.165, 1.54) is 17.4 Å². The van der Waals surface area contributed by atoms with Crippen LogP contribution in [-0.2, 0) is 16.3 Å². The van der Waals surface area contributed by atoms with Crippen LogP contribution in [0.3, 0.4) is 0 Å². The second kappa shape index (κ2) is 6.34. The van der Waals surface area contributed by atoms with Crippen LogP contribution >= 0.6 is 0 Å². The Morgan fingerprint density at radius 1 is 1.22 bits per heavy atom. The molecule has 3 nitrogen and oxygen atoms in total. The van der Waals surface area contributed by atoms with Gasteiger partial charge in [-0.25, -0.2) is 8.42 Å². The van der Waals surface area contributed by atoms with Crippen molar-refractivity contribution < 1.29 is 8.42 Å². The van der Waals surface area contributed by atoms with Crippen molar-refractivity contribution in [2.24, 2.45) is 0 Å². The molecule has 0 radical (unpaired) electrons. The molecule has 0 aromatic heterocycles. The molecule has 1 atom stereocenters. The molecule has 1 unspecified atom stereocenters. The van der Waals surface area contributed by atoms with Crippen LogP contribution in [0.2, 0.25) is 0 Å². The number of likely N-dealkylation sites (N-methyl/N-ethyl adjacent to an activating group) is 1. The first kappa shape index (κ1) is 15.2. The van der Waals surface area contributed by atoms with Gasteiger partial charge in [-0.2, -0.15) is 0 Å². The summed E-state index contributed by atoms with van der Waals surface area (Å²) in [5.74, 6) is 0.224. The molecule has 0 spiro atoms. The maximum atomic E-state index is 11.1. The predicted molar refractivity (Wildman–Crippen MR) is 76.7 cm³/mol. The first-order chi connectivity index (χ1) is 8.28. The predicted octanol–water partition coefficient (Wildman–Crippen LogP) is 1.90. The van der Waals surface area contributed by atoms with E-state index in [1.54, 1.807) is 0 Å². The lowest BCUT2D eigenvalue weighted by Crippen LogP contribution is -2.34. The number of hydrogen-bond acceptors (Lipinski definition) is 3. The molecule has 0 amide bonds. The fourth-order valence-corrected chi connectivity index (χ4v) is 2.37. The third kappa shape index (κ3) is 5.65. The van der Waals surface area contributed by atoms with Gasteiger partial charge < -0.3 is 4.90 Å². The smallest absolute Gasteiger partial charge is 0.148 e. The Hall–Kier alpha value is -0.870. The number of sulfone groups is 1. The lowest BCUT2D eigenvalue weighted by atomic mass is 10.0. The third-order valence-corrected chi connectivity index (χ3v) is 4.14. The molecule has 0 saturated carbocycles. The van der Waals surface area contributed by atoms with Gasteiger partial charge in [0.25, 0.3) is 0 Å². The van der Waals surface area contributed by atoms with Crippen molar-refractivity contribution in [3.63, 3.8) is 0 Å². The van der Waals surface area contributed by atoms with Crippen molar-refractivity contribution >= 4 is 9.84 Å². The van der Waals surface area contributed by atoms with Crippen LogP contribution in [-0.4, -0.2) is 45.0 Å². The second-order valence-electron chi connectivity index (χ2n) is 5.15. The Morgan fingerprint density at radius 3 is 2.28 bits per heavy atom. The van der Waals surface area contributed by atoms with Crippen LogP contribution in [0.4, 0.5) is 0 Å². The topological polar surface area (TPSA) is 37.4 Å². The van der Waals surface area contributed by atoms with Crippen molar-refractivity contribution in [3.8, 4) is 0 Å². The van der Waals surface area contributed by atoms with E-state index in [1.807, 2.05) is 7.05 Å². The normalized spacial score (nSPS) is 13.8. The maximum absolute atomic E-state index is 11.1. The van der Waals surface area contributed by atoms with E-state index in [4.69, 9.17) is 0 Å². The first-order valence-corrected chi connectivity index (χ1v) is 8.27. The number of nitrogens with zero attached hydrogens (tertiary/aromatic N) is 1. The monoisotopic (exact) mass is 269 g/mol. The van der Waals surface area contributed by atoms with Crippen molar-refractivity contribution in [2.45, 2.75) is 26.3 Å². The summed E-state index contributed by atoms with van der Waals surface area (Å²) >= 11 is 0. The van der Waals surface area contributed by atoms with E-state index in [0.29, 0.717) is 12.6 Å². The molecular formula is C14H23NO2S. The quantitative estimate of drug-likeness (QED) is 0.791. The summed E-state index contributed by atoms with van der Waals surface area (Å²) in [4.78, 5) is 2.10. The summed E-state index contributed by atoms with van der Waals surface area (Å²) in [7, 11) is -0.897. The standard InChI is InChI=1S/C14H23NO2S/c1-12-5-7-14(8-6-12)11-13(2)15(3)9-10-18(4,16)17/h5-8,13H,9-11H2,1-4H3. The van der Waals surface area contributed by atoms with E-state index in [2.05, 4.69) is 43.0 Å². The van der Waals surface area contributed by atoms with Gasteiger partial charge in [0.15, 0.2) is 0 Å².